The molecule has 2 N–H and O–H groups in total. The van der Waals surface area contributed by atoms with Crippen molar-refractivity contribution in [3.05, 3.63) is 45.5 Å². The van der Waals surface area contributed by atoms with Gasteiger partial charge in [-0.3, -0.25) is 9.59 Å². The average Bonchev–Trinajstić information content (AvgIpc) is 3.07. The number of unbranched alkanes of at least 4 members (excludes halogenated alkanes) is 2. The summed E-state index contributed by atoms with van der Waals surface area (Å²) in [5.41, 5.74) is 0.444. The SMILES string of the molecule is CCCCCc1nnc(NC(=O)CCc2nc3ccccc3c(=O)[nH]2)s1. The second kappa shape index (κ2) is 8.66. The van der Waals surface area contributed by atoms with Crippen LogP contribution in [-0.4, -0.2) is 26.1 Å². The van der Waals surface area contributed by atoms with Gasteiger partial charge in [0.25, 0.3) is 5.56 Å². The lowest BCUT2D eigenvalue weighted by atomic mass is 10.2. The van der Waals surface area contributed by atoms with Gasteiger partial charge in [0.15, 0.2) is 0 Å². The van der Waals surface area contributed by atoms with Crippen molar-refractivity contribution in [2.45, 2.75) is 45.4 Å². The molecule has 1 amide bonds. The van der Waals surface area contributed by atoms with E-state index in [1.807, 2.05) is 6.07 Å². The Kier molecular flexibility index (Phi) is 6.06. The molecule has 0 radical (unpaired) electrons. The summed E-state index contributed by atoms with van der Waals surface area (Å²) in [5.74, 6) is 0.332. The van der Waals surface area contributed by atoms with Crippen molar-refractivity contribution in [1.29, 1.82) is 0 Å². The molecule has 0 saturated heterocycles. The van der Waals surface area contributed by atoms with Crippen LogP contribution in [0.3, 0.4) is 0 Å². The highest BCUT2D eigenvalue weighted by Crippen LogP contribution is 2.17. The molecule has 2 heterocycles. The quantitative estimate of drug-likeness (QED) is 0.593. The molecule has 0 bridgehead atoms. The van der Waals surface area contributed by atoms with E-state index in [4.69, 9.17) is 0 Å². The Morgan fingerprint density at radius 1 is 1.19 bits per heavy atom. The van der Waals surface area contributed by atoms with Gasteiger partial charge in [-0.05, 0) is 18.6 Å². The summed E-state index contributed by atoms with van der Waals surface area (Å²) in [5, 5.41) is 12.9. The number of H-pyrrole nitrogens is 1. The van der Waals surface area contributed by atoms with Crippen molar-refractivity contribution in [3.63, 3.8) is 0 Å². The van der Waals surface area contributed by atoms with Crippen molar-refractivity contribution >= 4 is 33.3 Å². The zero-order valence-corrected chi connectivity index (χ0v) is 15.4. The largest absolute Gasteiger partial charge is 0.310 e. The van der Waals surface area contributed by atoms with Crippen molar-refractivity contribution in [3.8, 4) is 0 Å². The number of aryl methyl sites for hydroxylation is 2. The minimum atomic E-state index is -0.188. The molecule has 0 saturated carbocycles. The molecule has 3 aromatic rings. The molecule has 0 aliphatic carbocycles. The van der Waals surface area contributed by atoms with Crippen LogP contribution in [0.25, 0.3) is 10.9 Å². The van der Waals surface area contributed by atoms with E-state index >= 15 is 0 Å². The number of hydrogen-bond acceptors (Lipinski definition) is 6. The molecule has 136 valence electrons. The lowest BCUT2D eigenvalue weighted by Crippen LogP contribution is -2.16. The van der Waals surface area contributed by atoms with Gasteiger partial charge in [0.1, 0.15) is 10.8 Å². The number of rotatable bonds is 8. The monoisotopic (exact) mass is 371 g/mol. The van der Waals surface area contributed by atoms with Gasteiger partial charge in [-0.2, -0.15) is 0 Å². The van der Waals surface area contributed by atoms with Gasteiger partial charge < -0.3 is 10.3 Å². The number of hydrogen-bond donors (Lipinski definition) is 2. The molecule has 0 spiro atoms. The number of para-hydroxylation sites is 1. The van der Waals surface area contributed by atoms with Crippen molar-refractivity contribution in [1.82, 2.24) is 20.2 Å². The van der Waals surface area contributed by atoms with Crippen LogP contribution >= 0.6 is 11.3 Å². The predicted molar refractivity (Wildman–Crippen MR) is 102 cm³/mol. The molecular formula is C18H21N5O2S. The number of carbonyl (C=O) groups excluding carboxylic acids is 1. The highest BCUT2D eigenvalue weighted by Gasteiger charge is 2.10. The van der Waals surface area contributed by atoms with Crippen LogP contribution in [0.1, 0.15) is 43.4 Å². The number of carbonyl (C=O) groups is 1. The molecule has 0 aliphatic heterocycles. The molecule has 3 rings (SSSR count). The highest BCUT2D eigenvalue weighted by atomic mass is 32.1. The summed E-state index contributed by atoms with van der Waals surface area (Å²) in [4.78, 5) is 31.3. The summed E-state index contributed by atoms with van der Waals surface area (Å²) in [7, 11) is 0. The predicted octanol–water partition coefficient (Wildman–Crippen LogP) is 3.08. The number of aromatic nitrogens is 4. The van der Waals surface area contributed by atoms with Crippen LogP contribution in [0.15, 0.2) is 29.1 Å². The van der Waals surface area contributed by atoms with Gasteiger partial charge in [0, 0.05) is 19.3 Å². The van der Waals surface area contributed by atoms with Crippen molar-refractivity contribution < 1.29 is 4.79 Å². The minimum absolute atomic E-state index is 0.169. The first-order valence-corrected chi connectivity index (χ1v) is 9.57. The highest BCUT2D eigenvalue weighted by molar-refractivity contribution is 7.15. The van der Waals surface area contributed by atoms with Crippen LogP contribution < -0.4 is 10.9 Å². The Morgan fingerprint density at radius 3 is 2.88 bits per heavy atom. The van der Waals surface area contributed by atoms with Crippen molar-refractivity contribution in [2.24, 2.45) is 0 Å². The number of benzene rings is 1. The third-order valence-corrected chi connectivity index (χ3v) is 4.86. The molecule has 0 fully saturated rings. The third-order valence-electron chi connectivity index (χ3n) is 3.96. The summed E-state index contributed by atoms with van der Waals surface area (Å²) >= 11 is 1.41. The Balaban J connectivity index is 1.55. The normalized spacial score (nSPS) is 11.0. The van der Waals surface area contributed by atoms with Gasteiger partial charge in [-0.25, -0.2) is 4.98 Å². The fourth-order valence-electron chi connectivity index (χ4n) is 2.60. The van der Waals surface area contributed by atoms with Crippen LogP contribution in [0, 0.1) is 0 Å². The number of nitrogens with zero attached hydrogens (tertiary/aromatic N) is 3. The first-order chi connectivity index (χ1) is 12.7. The van der Waals surface area contributed by atoms with E-state index in [1.54, 1.807) is 18.2 Å². The molecule has 8 heteroatoms. The van der Waals surface area contributed by atoms with E-state index in [0.29, 0.717) is 28.3 Å². The molecule has 7 nitrogen and oxygen atoms in total. The van der Waals surface area contributed by atoms with Crippen LogP contribution in [-0.2, 0) is 17.6 Å². The molecule has 0 atom stereocenters. The second-order valence-electron chi connectivity index (χ2n) is 6.04. The van der Waals surface area contributed by atoms with Crippen LogP contribution in [0.5, 0.6) is 0 Å². The summed E-state index contributed by atoms with van der Waals surface area (Å²) in [6, 6.07) is 7.14. The van der Waals surface area contributed by atoms with Gasteiger partial charge in [-0.1, -0.05) is 43.2 Å². The van der Waals surface area contributed by atoms with Crippen molar-refractivity contribution in [2.75, 3.05) is 5.32 Å². The third kappa shape index (κ3) is 4.72. The summed E-state index contributed by atoms with van der Waals surface area (Å²) < 4.78 is 0. The molecular weight excluding hydrogens is 350 g/mol. The lowest BCUT2D eigenvalue weighted by Gasteiger charge is -2.03. The van der Waals surface area contributed by atoms with Crippen LogP contribution in [0.4, 0.5) is 5.13 Å². The molecule has 0 unspecified atom stereocenters. The first kappa shape index (κ1) is 18.2. The first-order valence-electron chi connectivity index (χ1n) is 8.76. The fraction of sp³-hybridized carbons (Fsp3) is 0.389. The maximum atomic E-state index is 12.1. The maximum Gasteiger partial charge on any atom is 0.258 e. The zero-order chi connectivity index (χ0) is 18.4. The number of amides is 1. The number of fused-ring (bicyclic) bond motifs is 1. The standard InChI is InChI=1S/C18H21N5O2S/c1-2-3-4-9-16-22-23-18(26-16)21-15(24)11-10-14-19-13-8-6-5-7-12(13)17(25)20-14/h5-8H,2-4,9-11H2,1H3,(H,19,20,25)(H,21,23,24). The van der Waals surface area contributed by atoms with E-state index in [-0.39, 0.29) is 17.9 Å². The Morgan fingerprint density at radius 2 is 2.04 bits per heavy atom. The number of anilines is 1. The molecule has 1 aromatic carbocycles. The van der Waals surface area contributed by atoms with E-state index in [0.717, 1.165) is 30.7 Å². The fourth-order valence-corrected chi connectivity index (χ4v) is 3.40. The Labute approximate surface area is 154 Å². The summed E-state index contributed by atoms with van der Waals surface area (Å²) in [6.45, 7) is 2.16. The molecule has 0 aliphatic rings. The lowest BCUT2D eigenvalue weighted by molar-refractivity contribution is -0.116. The van der Waals surface area contributed by atoms with Gasteiger partial charge in [0.2, 0.25) is 11.0 Å². The Bertz CT molecular complexity index is 950. The topological polar surface area (TPSA) is 101 Å². The average molecular weight is 371 g/mol. The van der Waals surface area contributed by atoms with E-state index < -0.39 is 0 Å². The number of aromatic amines is 1. The van der Waals surface area contributed by atoms with Gasteiger partial charge in [-0.15, -0.1) is 10.2 Å². The smallest absolute Gasteiger partial charge is 0.258 e. The minimum Gasteiger partial charge on any atom is -0.310 e. The Hall–Kier alpha value is -2.61. The maximum absolute atomic E-state index is 12.1. The second-order valence-corrected chi connectivity index (χ2v) is 7.10. The van der Waals surface area contributed by atoms with Gasteiger partial charge in [0.05, 0.1) is 10.9 Å². The molecule has 2 aromatic heterocycles. The van der Waals surface area contributed by atoms with E-state index in [1.165, 1.54) is 11.3 Å². The summed E-state index contributed by atoms with van der Waals surface area (Å²) in [6.07, 6.45) is 4.87. The zero-order valence-electron chi connectivity index (χ0n) is 14.6. The van der Waals surface area contributed by atoms with Crippen LogP contribution in [0.2, 0.25) is 0 Å². The van der Waals surface area contributed by atoms with Gasteiger partial charge >= 0.3 is 0 Å². The number of nitrogens with one attached hydrogen (secondary N) is 2. The van der Waals surface area contributed by atoms with E-state index in [2.05, 4.69) is 32.4 Å². The van der Waals surface area contributed by atoms with E-state index in [9.17, 15) is 9.59 Å². The molecule has 26 heavy (non-hydrogen) atoms.